The molecule has 1 aliphatic carbocycles. The van der Waals surface area contributed by atoms with E-state index in [1.807, 2.05) is 4.90 Å². The number of alkyl halides is 3. The summed E-state index contributed by atoms with van der Waals surface area (Å²) in [6.45, 7) is 1.20. The monoisotopic (exact) mass is 313 g/mol. The van der Waals surface area contributed by atoms with E-state index in [2.05, 4.69) is 10.3 Å². The van der Waals surface area contributed by atoms with Crippen molar-refractivity contribution in [3.8, 4) is 0 Å². The molecular weight excluding hydrogens is 295 g/mol. The van der Waals surface area contributed by atoms with Crippen LogP contribution in [0.25, 0.3) is 0 Å². The van der Waals surface area contributed by atoms with Crippen LogP contribution < -0.4 is 10.2 Å². The maximum Gasteiger partial charge on any atom is 0.416 e. The minimum atomic E-state index is -4.35. The number of amides is 1. The normalized spacial score (nSPS) is 20.0. The highest BCUT2D eigenvalue weighted by atomic mass is 19.4. The van der Waals surface area contributed by atoms with E-state index in [1.54, 1.807) is 0 Å². The number of piperidine rings is 1. The Morgan fingerprint density at radius 1 is 1.23 bits per heavy atom. The van der Waals surface area contributed by atoms with E-state index in [0.29, 0.717) is 18.9 Å². The predicted molar refractivity (Wildman–Crippen MR) is 75.3 cm³/mol. The Balaban J connectivity index is 1.58. The van der Waals surface area contributed by atoms with Gasteiger partial charge < -0.3 is 10.2 Å². The molecule has 0 unspecified atom stereocenters. The van der Waals surface area contributed by atoms with Crippen molar-refractivity contribution in [1.29, 1.82) is 0 Å². The maximum absolute atomic E-state index is 12.7. The van der Waals surface area contributed by atoms with Crippen LogP contribution in [0.2, 0.25) is 0 Å². The first kappa shape index (κ1) is 15.1. The summed E-state index contributed by atoms with van der Waals surface area (Å²) >= 11 is 0. The molecule has 0 spiro atoms. The lowest BCUT2D eigenvalue weighted by atomic mass is 10.0. The highest BCUT2D eigenvalue weighted by molar-refractivity contribution is 5.81. The summed E-state index contributed by atoms with van der Waals surface area (Å²) in [5.74, 6) is 0.653. The summed E-state index contributed by atoms with van der Waals surface area (Å²) in [5, 5.41) is 3.02. The van der Waals surface area contributed by atoms with E-state index in [-0.39, 0.29) is 17.9 Å². The maximum atomic E-state index is 12.7. The van der Waals surface area contributed by atoms with Gasteiger partial charge in [0.15, 0.2) is 0 Å². The molecule has 120 valence electrons. The first-order valence-electron chi connectivity index (χ1n) is 7.52. The summed E-state index contributed by atoms with van der Waals surface area (Å²) in [6, 6.07) is 2.19. The van der Waals surface area contributed by atoms with E-state index < -0.39 is 11.7 Å². The minimum Gasteiger partial charge on any atom is -0.356 e. The third-order valence-corrected chi connectivity index (χ3v) is 4.19. The summed E-state index contributed by atoms with van der Waals surface area (Å²) in [7, 11) is 0. The molecule has 22 heavy (non-hydrogen) atoms. The van der Waals surface area contributed by atoms with Crippen molar-refractivity contribution in [2.24, 2.45) is 5.92 Å². The summed E-state index contributed by atoms with van der Waals surface area (Å²) < 4.78 is 38.2. The van der Waals surface area contributed by atoms with Gasteiger partial charge in [-0.1, -0.05) is 0 Å². The third-order valence-electron chi connectivity index (χ3n) is 4.19. The van der Waals surface area contributed by atoms with E-state index in [4.69, 9.17) is 0 Å². The smallest absolute Gasteiger partial charge is 0.356 e. The number of hydrogen-bond acceptors (Lipinski definition) is 3. The van der Waals surface area contributed by atoms with Crippen molar-refractivity contribution >= 4 is 11.7 Å². The lowest BCUT2D eigenvalue weighted by Crippen LogP contribution is -2.45. The number of carbonyl (C=O) groups is 1. The fraction of sp³-hybridized carbons (Fsp3) is 0.600. The first-order chi connectivity index (χ1) is 10.4. The SMILES string of the molecule is O=C(NC1CCN(c2cc(C(F)(F)F)ccn2)CC1)C1CC1. The quantitative estimate of drug-likeness (QED) is 0.933. The molecule has 1 saturated carbocycles. The van der Waals surface area contributed by atoms with Gasteiger partial charge in [0.05, 0.1) is 5.56 Å². The van der Waals surface area contributed by atoms with Crippen molar-refractivity contribution in [2.75, 3.05) is 18.0 Å². The molecule has 0 radical (unpaired) electrons. The Kier molecular flexibility index (Phi) is 3.97. The predicted octanol–water partition coefficient (Wildman–Crippen LogP) is 2.60. The molecule has 1 aromatic heterocycles. The highest BCUT2D eigenvalue weighted by Gasteiger charge is 2.33. The number of nitrogens with zero attached hydrogens (tertiary/aromatic N) is 2. The molecule has 2 heterocycles. The number of halogens is 3. The van der Waals surface area contributed by atoms with Crippen LogP contribution in [0.5, 0.6) is 0 Å². The standard InChI is InChI=1S/C15H18F3N3O/c16-15(17,18)11-3-6-19-13(9-11)21-7-4-12(5-8-21)20-14(22)10-1-2-10/h3,6,9-10,12H,1-2,4-5,7-8H2,(H,20,22). The molecule has 1 saturated heterocycles. The molecule has 3 rings (SSSR count). The molecule has 7 heteroatoms. The average Bonchev–Trinajstić information content (AvgIpc) is 3.32. The van der Waals surface area contributed by atoms with Crippen LogP contribution in [-0.4, -0.2) is 30.0 Å². The largest absolute Gasteiger partial charge is 0.416 e. The number of carbonyl (C=O) groups excluding carboxylic acids is 1. The minimum absolute atomic E-state index is 0.121. The van der Waals surface area contributed by atoms with Gasteiger partial charge in [-0.3, -0.25) is 4.79 Å². The van der Waals surface area contributed by atoms with Crippen molar-refractivity contribution in [3.05, 3.63) is 23.9 Å². The van der Waals surface area contributed by atoms with E-state index in [0.717, 1.165) is 37.8 Å². The van der Waals surface area contributed by atoms with E-state index in [9.17, 15) is 18.0 Å². The van der Waals surface area contributed by atoms with Crippen LogP contribution in [0, 0.1) is 5.92 Å². The Morgan fingerprint density at radius 3 is 2.50 bits per heavy atom. The van der Waals surface area contributed by atoms with Gasteiger partial charge in [0, 0.05) is 31.2 Å². The van der Waals surface area contributed by atoms with Gasteiger partial charge in [-0.05, 0) is 37.8 Å². The summed E-state index contributed by atoms with van der Waals surface area (Å²) in [6.07, 6.45) is 0.248. The average molecular weight is 313 g/mol. The molecular formula is C15H18F3N3O. The zero-order chi connectivity index (χ0) is 15.7. The van der Waals surface area contributed by atoms with Crippen molar-refractivity contribution in [1.82, 2.24) is 10.3 Å². The Labute approximate surface area is 126 Å². The van der Waals surface area contributed by atoms with Crippen LogP contribution in [-0.2, 0) is 11.0 Å². The van der Waals surface area contributed by atoms with Gasteiger partial charge in [0.25, 0.3) is 0 Å². The molecule has 0 aromatic carbocycles. The molecule has 1 aromatic rings. The van der Waals surface area contributed by atoms with Crippen LogP contribution >= 0.6 is 0 Å². The van der Waals surface area contributed by atoms with Crippen molar-refractivity contribution < 1.29 is 18.0 Å². The van der Waals surface area contributed by atoms with E-state index in [1.165, 1.54) is 6.20 Å². The van der Waals surface area contributed by atoms with Crippen LogP contribution in [0.4, 0.5) is 19.0 Å². The number of hydrogen-bond donors (Lipinski definition) is 1. The fourth-order valence-corrected chi connectivity index (χ4v) is 2.69. The Hall–Kier alpha value is -1.79. The van der Waals surface area contributed by atoms with Gasteiger partial charge in [-0.15, -0.1) is 0 Å². The lowest BCUT2D eigenvalue weighted by molar-refractivity contribution is -0.137. The van der Waals surface area contributed by atoms with E-state index >= 15 is 0 Å². The number of rotatable bonds is 3. The molecule has 0 atom stereocenters. The van der Waals surface area contributed by atoms with Gasteiger partial charge in [-0.2, -0.15) is 13.2 Å². The van der Waals surface area contributed by atoms with Gasteiger partial charge in [0.1, 0.15) is 5.82 Å². The Bertz CT molecular complexity index is 549. The summed E-state index contributed by atoms with van der Waals surface area (Å²) in [4.78, 5) is 17.6. The van der Waals surface area contributed by atoms with Crippen molar-refractivity contribution in [2.45, 2.75) is 37.9 Å². The summed E-state index contributed by atoms with van der Waals surface area (Å²) in [5.41, 5.74) is -0.679. The fourth-order valence-electron chi connectivity index (χ4n) is 2.69. The highest BCUT2D eigenvalue weighted by Crippen LogP contribution is 2.32. The number of anilines is 1. The second-order valence-corrected chi connectivity index (χ2v) is 5.94. The lowest BCUT2D eigenvalue weighted by Gasteiger charge is -2.33. The first-order valence-corrected chi connectivity index (χ1v) is 7.52. The molecule has 1 aliphatic heterocycles. The number of aromatic nitrogens is 1. The van der Waals surface area contributed by atoms with Gasteiger partial charge >= 0.3 is 6.18 Å². The van der Waals surface area contributed by atoms with Crippen LogP contribution in [0.15, 0.2) is 18.3 Å². The molecule has 1 N–H and O–H groups in total. The topological polar surface area (TPSA) is 45.2 Å². The van der Waals surface area contributed by atoms with Gasteiger partial charge in [0.2, 0.25) is 5.91 Å². The second kappa shape index (κ2) is 5.78. The molecule has 1 amide bonds. The molecule has 2 fully saturated rings. The zero-order valence-electron chi connectivity index (χ0n) is 12.1. The van der Waals surface area contributed by atoms with Gasteiger partial charge in [-0.25, -0.2) is 4.98 Å². The number of nitrogens with one attached hydrogen (secondary N) is 1. The number of pyridine rings is 1. The third kappa shape index (κ3) is 3.51. The van der Waals surface area contributed by atoms with Crippen LogP contribution in [0.1, 0.15) is 31.2 Å². The zero-order valence-corrected chi connectivity index (χ0v) is 12.1. The van der Waals surface area contributed by atoms with Crippen molar-refractivity contribution in [3.63, 3.8) is 0 Å². The molecule has 2 aliphatic rings. The second-order valence-electron chi connectivity index (χ2n) is 5.94. The molecule has 4 nitrogen and oxygen atoms in total. The Morgan fingerprint density at radius 2 is 1.91 bits per heavy atom. The van der Waals surface area contributed by atoms with Crippen LogP contribution in [0.3, 0.4) is 0 Å². The molecule has 0 bridgehead atoms.